The number of carbonyl (C=O) groups is 1. The molecule has 0 aliphatic carbocycles. The monoisotopic (exact) mass is 213 g/mol. The van der Waals surface area contributed by atoms with Crippen LogP contribution in [0, 0.1) is 6.92 Å². The molecular formula is C13H11NO2. The van der Waals surface area contributed by atoms with E-state index in [4.69, 9.17) is 5.11 Å². The Balaban J connectivity index is 2.48. The van der Waals surface area contributed by atoms with Crippen molar-refractivity contribution in [2.24, 2.45) is 0 Å². The molecule has 1 aromatic heterocycles. The van der Waals surface area contributed by atoms with Gasteiger partial charge in [0.15, 0.2) is 0 Å². The van der Waals surface area contributed by atoms with E-state index >= 15 is 0 Å². The lowest BCUT2D eigenvalue weighted by molar-refractivity contribution is 0.0690. The van der Waals surface area contributed by atoms with E-state index < -0.39 is 5.97 Å². The summed E-state index contributed by atoms with van der Waals surface area (Å²) in [5, 5.41) is 8.85. The molecule has 2 aromatic rings. The van der Waals surface area contributed by atoms with Crippen LogP contribution in [0.1, 0.15) is 16.1 Å². The molecule has 0 spiro atoms. The fourth-order valence-corrected chi connectivity index (χ4v) is 1.55. The highest BCUT2D eigenvalue weighted by Gasteiger charge is 2.06. The molecular weight excluding hydrogens is 202 g/mol. The largest absolute Gasteiger partial charge is 0.477 e. The Morgan fingerprint density at radius 2 is 1.94 bits per heavy atom. The van der Waals surface area contributed by atoms with E-state index in [0.29, 0.717) is 0 Å². The van der Waals surface area contributed by atoms with Gasteiger partial charge in [0, 0.05) is 6.20 Å². The molecule has 0 bridgehead atoms. The molecule has 0 atom stereocenters. The molecule has 0 saturated carbocycles. The Morgan fingerprint density at radius 1 is 1.19 bits per heavy atom. The normalized spacial score (nSPS) is 10.1. The zero-order valence-corrected chi connectivity index (χ0v) is 8.84. The Morgan fingerprint density at radius 3 is 2.62 bits per heavy atom. The van der Waals surface area contributed by atoms with Crippen molar-refractivity contribution >= 4 is 5.97 Å². The van der Waals surface area contributed by atoms with Gasteiger partial charge in [-0.05, 0) is 30.2 Å². The van der Waals surface area contributed by atoms with Crippen LogP contribution in [-0.2, 0) is 0 Å². The molecule has 2 rings (SSSR count). The summed E-state index contributed by atoms with van der Waals surface area (Å²) in [5.41, 5.74) is 3.09. The van der Waals surface area contributed by atoms with Crippen LogP contribution in [0.3, 0.4) is 0 Å². The average molecular weight is 213 g/mol. The molecule has 0 saturated heterocycles. The first-order chi connectivity index (χ1) is 7.66. The van der Waals surface area contributed by atoms with Crippen LogP contribution in [0.4, 0.5) is 0 Å². The maximum absolute atomic E-state index is 10.8. The van der Waals surface area contributed by atoms with Crippen molar-refractivity contribution in [3.05, 3.63) is 53.9 Å². The molecule has 0 amide bonds. The second-order valence-electron chi connectivity index (χ2n) is 3.60. The maximum Gasteiger partial charge on any atom is 0.354 e. The van der Waals surface area contributed by atoms with Crippen LogP contribution in [0.25, 0.3) is 11.1 Å². The smallest absolute Gasteiger partial charge is 0.354 e. The molecule has 0 radical (unpaired) electrons. The van der Waals surface area contributed by atoms with E-state index in [2.05, 4.69) is 4.98 Å². The van der Waals surface area contributed by atoms with Gasteiger partial charge in [-0.2, -0.15) is 0 Å². The molecule has 16 heavy (non-hydrogen) atoms. The molecule has 1 aromatic carbocycles. The minimum atomic E-state index is -1.01. The van der Waals surface area contributed by atoms with Crippen LogP contribution < -0.4 is 0 Å². The number of carboxylic acid groups (broad SMARTS) is 1. The van der Waals surface area contributed by atoms with Gasteiger partial charge in [-0.1, -0.05) is 29.8 Å². The predicted octanol–water partition coefficient (Wildman–Crippen LogP) is 2.76. The third-order valence-corrected chi connectivity index (χ3v) is 2.33. The van der Waals surface area contributed by atoms with Crippen molar-refractivity contribution in [2.45, 2.75) is 6.92 Å². The minimum absolute atomic E-state index is 0.0685. The van der Waals surface area contributed by atoms with Gasteiger partial charge in [0.25, 0.3) is 0 Å². The minimum Gasteiger partial charge on any atom is -0.477 e. The predicted molar refractivity (Wildman–Crippen MR) is 61.4 cm³/mol. The highest BCUT2D eigenvalue weighted by molar-refractivity contribution is 5.87. The van der Waals surface area contributed by atoms with Crippen molar-refractivity contribution < 1.29 is 9.90 Å². The van der Waals surface area contributed by atoms with Gasteiger partial charge >= 0.3 is 5.97 Å². The lowest BCUT2D eigenvalue weighted by Crippen LogP contribution is -1.99. The van der Waals surface area contributed by atoms with Crippen molar-refractivity contribution in [2.75, 3.05) is 0 Å². The maximum atomic E-state index is 10.8. The van der Waals surface area contributed by atoms with E-state index in [1.807, 2.05) is 31.2 Å². The van der Waals surface area contributed by atoms with E-state index in [9.17, 15) is 4.79 Å². The number of rotatable bonds is 2. The van der Waals surface area contributed by atoms with Crippen LogP contribution in [0.2, 0.25) is 0 Å². The first-order valence-electron chi connectivity index (χ1n) is 4.93. The van der Waals surface area contributed by atoms with Crippen LogP contribution >= 0.6 is 0 Å². The van der Waals surface area contributed by atoms with Gasteiger partial charge in [-0.15, -0.1) is 0 Å². The zero-order chi connectivity index (χ0) is 11.5. The Labute approximate surface area is 93.4 Å². The van der Waals surface area contributed by atoms with Gasteiger partial charge in [0.1, 0.15) is 5.69 Å². The van der Waals surface area contributed by atoms with Gasteiger partial charge in [0.2, 0.25) is 0 Å². The summed E-state index contributed by atoms with van der Waals surface area (Å²) in [5.74, 6) is -1.01. The third-order valence-electron chi connectivity index (χ3n) is 2.33. The third kappa shape index (κ3) is 2.08. The number of nitrogens with zero attached hydrogens (tertiary/aromatic N) is 1. The van der Waals surface area contributed by atoms with Gasteiger partial charge < -0.3 is 5.11 Å². The highest BCUT2D eigenvalue weighted by Crippen LogP contribution is 2.20. The number of benzene rings is 1. The average Bonchev–Trinajstić information content (AvgIpc) is 2.29. The highest BCUT2D eigenvalue weighted by atomic mass is 16.4. The SMILES string of the molecule is Cc1cccc(-c2ccnc(C(=O)O)c2)c1. The first kappa shape index (κ1) is 10.4. The second-order valence-corrected chi connectivity index (χ2v) is 3.60. The Bertz CT molecular complexity index is 535. The van der Waals surface area contributed by atoms with E-state index in [-0.39, 0.29) is 5.69 Å². The molecule has 0 aliphatic heterocycles. The van der Waals surface area contributed by atoms with Gasteiger partial charge in [-0.3, -0.25) is 0 Å². The summed E-state index contributed by atoms with van der Waals surface area (Å²) < 4.78 is 0. The molecule has 0 unspecified atom stereocenters. The molecule has 80 valence electrons. The van der Waals surface area contributed by atoms with E-state index in [1.54, 1.807) is 12.1 Å². The summed E-state index contributed by atoms with van der Waals surface area (Å²) in [6.45, 7) is 2.00. The standard InChI is InChI=1S/C13H11NO2/c1-9-3-2-4-10(7-9)11-5-6-14-12(8-11)13(15)16/h2-8H,1H3,(H,15,16). The van der Waals surface area contributed by atoms with Crippen LogP contribution in [0.15, 0.2) is 42.6 Å². The number of aromatic nitrogens is 1. The molecule has 3 heteroatoms. The summed E-state index contributed by atoms with van der Waals surface area (Å²) in [4.78, 5) is 14.6. The number of hydrogen-bond donors (Lipinski definition) is 1. The van der Waals surface area contributed by atoms with Crippen molar-refractivity contribution in [3.8, 4) is 11.1 Å². The molecule has 3 nitrogen and oxygen atoms in total. The van der Waals surface area contributed by atoms with Crippen LogP contribution in [0.5, 0.6) is 0 Å². The van der Waals surface area contributed by atoms with Crippen molar-refractivity contribution in [1.29, 1.82) is 0 Å². The Hall–Kier alpha value is -2.16. The topological polar surface area (TPSA) is 50.2 Å². The lowest BCUT2D eigenvalue weighted by atomic mass is 10.0. The molecule has 0 aliphatic rings. The summed E-state index contributed by atoms with van der Waals surface area (Å²) in [7, 11) is 0. The molecule has 1 heterocycles. The molecule has 1 N–H and O–H groups in total. The van der Waals surface area contributed by atoms with Crippen molar-refractivity contribution in [3.63, 3.8) is 0 Å². The van der Waals surface area contributed by atoms with E-state index in [0.717, 1.165) is 16.7 Å². The van der Waals surface area contributed by atoms with E-state index in [1.165, 1.54) is 6.20 Å². The number of pyridine rings is 1. The summed E-state index contributed by atoms with van der Waals surface area (Å²) in [6, 6.07) is 11.3. The fourth-order valence-electron chi connectivity index (χ4n) is 1.55. The number of hydrogen-bond acceptors (Lipinski definition) is 2. The van der Waals surface area contributed by atoms with Crippen molar-refractivity contribution in [1.82, 2.24) is 4.98 Å². The van der Waals surface area contributed by atoms with Gasteiger partial charge in [0.05, 0.1) is 0 Å². The number of carboxylic acids is 1. The quantitative estimate of drug-likeness (QED) is 0.834. The summed E-state index contributed by atoms with van der Waals surface area (Å²) in [6.07, 6.45) is 1.52. The lowest BCUT2D eigenvalue weighted by Gasteiger charge is -2.03. The van der Waals surface area contributed by atoms with Crippen LogP contribution in [-0.4, -0.2) is 16.1 Å². The second kappa shape index (κ2) is 4.14. The Kier molecular flexibility index (Phi) is 2.68. The molecule has 0 fully saturated rings. The number of aryl methyl sites for hydroxylation is 1. The summed E-state index contributed by atoms with van der Waals surface area (Å²) >= 11 is 0. The van der Waals surface area contributed by atoms with Gasteiger partial charge in [-0.25, -0.2) is 9.78 Å². The first-order valence-corrected chi connectivity index (χ1v) is 4.93. The zero-order valence-electron chi connectivity index (χ0n) is 8.84. The fraction of sp³-hybridized carbons (Fsp3) is 0.0769. The number of aromatic carboxylic acids is 1.